The summed E-state index contributed by atoms with van der Waals surface area (Å²) >= 11 is 0. The van der Waals surface area contributed by atoms with Crippen LogP contribution in [-0.4, -0.2) is 51.8 Å². The van der Waals surface area contributed by atoms with Crippen LogP contribution in [0.1, 0.15) is 55.8 Å². The van der Waals surface area contributed by atoms with Crippen LogP contribution in [0.3, 0.4) is 0 Å². The highest BCUT2D eigenvalue weighted by Crippen LogP contribution is 2.36. The van der Waals surface area contributed by atoms with Gasteiger partial charge < -0.3 is 14.7 Å². The molecule has 2 aliphatic heterocycles. The number of rotatable bonds is 7. The van der Waals surface area contributed by atoms with Crippen molar-refractivity contribution in [3.8, 4) is 0 Å². The van der Waals surface area contributed by atoms with Crippen molar-refractivity contribution < 1.29 is 14.6 Å². The van der Waals surface area contributed by atoms with Gasteiger partial charge in [-0.25, -0.2) is 4.98 Å². The van der Waals surface area contributed by atoms with Crippen LogP contribution in [0.25, 0.3) is 11.0 Å². The Kier molecular flexibility index (Phi) is 5.51. The van der Waals surface area contributed by atoms with E-state index in [1.807, 2.05) is 12.1 Å². The first-order valence-electron chi connectivity index (χ1n) is 11.6. The minimum Gasteiger partial charge on any atom is -0.481 e. The summed E-state index contributed by atoms with van der Waals surface area (Å²) < 4.78 is 7.94. The van der Waals surface area contributed by atoms with E-state index in [2.05, 4.69) is 45.9 Å². The minimum absolute atomic E-state index is 0.157. The molecule has 2 saturated heterocycles. The van der Waals surface area contributed by atoms with Crippen LogP contribution < -0.4 is 0 Å². The number of para-hydroxylation sites is 2. The lowest BCUT2D eigenvalue weighted by molar-refractivity contribution is -0.142. The number of hydrogen-bond donors (Lipinski definition) is 1. The second kappa shape index (κ2) is 8.34. The van der Waals surface area contributed by atoms with Gasteiger partial charge in [0.2, 0.25) is 0 Å². The lowest BCUT2D eigenvalue weighted by Gasteiger charge is -2.31. The lowest BCUT2D eigenvalue weighted by atomic mass is 9.84. The standard InChI is InChI=1S/C26H31N3O3/c1-26(2,25(30)31)20-9-7-18(8-10-20)11-14-28-15-12-19(13-16-28)24-27-21-5-3-4-6-22(21)29(24)23-17-32-23/h3-10,19,23H,11-17H2,1-2H3,(H,30,31). The number of aromatic nitrogens is 2. The van der Waals surface area contributed by atoms with Gasteiger partial charge in [0.05, 0.1) is 23.1 Å². The van der Waals surface area contributed by atoms with Crippen LogP contribution in [0.4, 0.5) is 0 Å². The fourth-order valence-electron chi connectivity index (χ4n) is 4.76. The molecule has 0 aliphatic carbocycles. The van der Waals surface area contributed by atoms with E-state index in [4.69, 9.17) is 9.72 Å². The molecular formula is C26H31N3O3. The fraction of sp³-hybridized carbons (Fsp3) is 0.462. The quantitative estimate of drug-likeness (QED) is 0.561. The fourth-order valence-corrected chi connectivity index (χ4v) is 4.76. The van der Waals surface area contributed by atoms with E-state index in [1.165, 1.54) is 16.9 Å². The second-order valence-electron chi connectivity index (χ2n) is 9.61. The average molecular weight is 434 g/mol. The van der Waals surface area contributed by atoms with Crippen LogP contribution >= 0.6 is 0 Å². The highest BCUT2D eigenvalue weighted by atomic mass is 16.6. The van der Waals surface area contributed by atoms with Crippen molar-refractivity contribution in [2.75, 3.05) is 26.2 Å². The topological polar surface area (TPSA) is 70.9 Å². The summed E-state index contributed by atoms with van der Waals surface area (Å²) in [6.45, 7) is 7.45. The van der Waals surface area contributed by atoms with Crippen molar-refractivity contribution in [1.82, 2.24) is 14.5 Å². The Balaban J connectivity index is 1.19. The van der Waals surface area contributed by atoms with Crippen LogP contribution in [0.5, 0.6) is 0 Å². The van der Waals surface area contributed by atoms with Gasteiger partial charge in [-0.2, -0.15) is 0 Å². The Morgan fingerprint density at radius 3 is 2.47 bits per heavy atom. The Labute approximate surface area is 188 Å². The molecule has 0 radical (unpaired) electrons. The third kappa shape index (κ3) is 4.05. The van der Waals surface area contributed by atoms with Crippen LogP contribution in [0, 0.1) is 0 Å². The SMILES string of the molecule is CC(C)(C(=O)O)c1ccc(CCN2CCC(c3nc4ccccc4n3C3CO3)CC2)cc1. The first kappa shape index (κ1) is 21.2. The number of imidazole rings is 1. The molecule has 6 heteroatoms. The number of carboxylic acids is 1. The maximum atomic E-state index is 11.5. The molecule has 2 fully saturated rings. The lowest BCUT2D eigenvalue weighted by Crippen LogP contribution is -2.35. The minimum atomic E-state index is -0.859. The van der Waals surface area contributed by atoms with E-state index >= 15 is 0 Å². The van der Waals surface area contributed by atoms with E-state index in [9.17, 15) is 9.90 Å². The Bertz CT molecular complexity index is 1110. The highest BCUT2D eigenvalue weighted by molar-refractivity contribution is 5.80. The maximum absolute atomic E-state index is 11.5. The number of epoxide rings is 1. The van der Waals surface area contributed by atoms with E-state index in [0.29, 0.717) is 5.92 Å². The van der Waals surface area contributed by atoms with E-state index in [1.54, 1.807) is 13.8 Å². The van der Waals surface area contributed by atoms with Crippen LogP contribution in [0.15, 0.2) is 48.5 Å². The van der Waals surface area contributed by atoms with E-state index in [-0.39, 0.29) is 6.23 Å². The Hall–Kier alpha value is -2.70. The Morgan fingerprint density at radius 1 is 1.12 bits per heavy atom. The van der Waals surface area contributed by atoms with Crippen molar-refractivity contribution in [1.29, 1.82) is 0 Å². The zero-order valence-corrected chi connectivity index (χ0v) is 18.8. The molecule has 0 bridgehead atoms. The summed E-state index contributed by atoms with van der Waals surface area (Å²) in [6.07, 6.45) is 3.36. The molecule has 0 spiro atoms. The number of carboxylic acid groups (broad SMARTS) is 1. The largest absolute Gasteiger partial charge is 0.481 e. The highest BCUT2D eigenvalue weighted by Gasteiger charge is 2.33. The molecule has 168 valence electrons. The molecule has 1 N–H and O–H groups in total. The summed E-state index contributed by atoms with van der Waals surface area (Å²) in [5.74, 6) is 0.861. The van der Waals surface area contributed by atoms with Crippen molar-refractivity contribution in [2.24, 2.45) is 0 Å². The number of likely N-dealkylation sites (tertiary alicyclic amines) is 1. The van der Waals surface area contributed by atoms with Gasteiger partial charge in [-0.1, -0.05) is 36.4 Å². The molecule has 6 nitrogen and oxygen atoms in total. The van der Waals surface area contributed by atoms with Gasteiger partial charge in [0.1, 0.15) is 5.82 Å². The summed E-state index contributed by atoms with van der Waals surface area (Å²) in [4.78, 5) is 19.0. The van der Waals surface area contributed by atoms with Crippen molar-refractivity contribution >= 4 is 17.0 Å². The molecule has 1 unspecified atom stereocenters. The maximum Gasteiger partial charge on any atom is 0.313 e. The molecule has 1 atom stereocenters. The monoisotopic (exact) mass is 433 g/mol. The zero-order valence-electron chi connectivity index (χ0n) is 18.8. The van der Waals surface area contributed by atoms with Crippen molar-refractivity contribution in [2.45, 2.75) is 50.7 Å². The van der Waals surface area contributed by atoms with Crippen molar-refractivity contribution in [3.05, 3.63) is 65.5 Å². The van der Waals surface area contributed by atoms with Crippen LogP contribution in [-0.2, 0) is 21.4 Å². The number of benzene rings is 2. The molecular weight excluding hydrogens is 402 g/mol. The Morgan fingerprint density at radius 2 is 1.81 bits per heavy atom. The van der Waals surface area contributed by atoms with E-state index < -0.39 is 11.4 Å². The zero-order chi connectivity index (χ0) is 22.3. The molecule has 0 amide bonds. The third-order valence-electron chi connectivity index (χ3n) is 7.11. The van der Waals surface area contributed by atoms with Gasteiger partial charge in [0.15, 0.2) is 6.23 Å². The second-order valence-corrected chi connectivity index (χ2v) is 9.61. The number of hydrogen-bond acceptors (Lipinski definition) is 4. The molecule has 1 aromatic heterocycles. The molecule has 2 aromatic carbocycles. The number of ether oxygens (including phenoxy) is 1. The predicted octanol–water partition coefficient (Wildman–Crippen LogP) is 4.35. The normalized spacial score (nSPS) is 20.0. The number of aliphatic carboxylic acids is 1. The van der Waals surface area contributed by atoms with E-state index in [0.717, 1.165) is 56.6 Å². The predicted molar refractivity (Wildman–Crippen MR) is 124 cm³/mol. The number of piperidine rings is 1. The molecule has 0 saturated carbocycles. The third-order valence-corrected chi connectivity index (χ3v) is 7.11. The summed E-state index contributed by atoms with van der Waals surface area (Å²) in [7, 11) is 0. The smallest absolute Gasteiger partial charge is 0.313 e. The van der Waals surface area contributed by atoms with Gasteiger partial charge >= 0.3 is 5.97 Å². The van der Waals surface area contributed by atoms with Gasteiger partial charge in [-0.15, -0.1) is 0 Å². The van der Waals surface area contributed by atoms with Crippen molar-refractivity contribution in [3.63, 3.8) is 0 Å². The molecule has 32 heavy (non-hydrogen) atoms. The molecule has 3 aromatic rings. The molecule has 2 aliphatic rings. The number of carbonyl (C=O) groups is 1. The molecule has 3 heterocycles. The first-order chi connectivity index (χ1) is 15.4. The molecule has 5 rings (SSSR count). The number of nitrogens with zero attached hydrogens (tertiary/aromatic N) is 3. The summed E-state index contributed by atoms with van der Waals surface area (Å²) in [5, 5.41) is 9.41. The van der Waals surface area contributed by atoms with Gasteiger partial charge in [0, 0.05) is 12.5 Å². The summed E-state index contributed by atoms with van der Waals surface area (Å²) in [5.41, 5.74) is 3.49. The number of fused-ring (bicyclic) bond motifs is 1. The van der Waals surface area contributed by atoms with Gasteiger partial charge in [0.25, 0.3) is 0 Å². The van der Waals surface area contributed by atoms with Gasteiger partial charge in [-0.3, -0.25) is 9.36 Å². The summed E-state index contributed by atoms with van der Waals surface area (Å²) in [6, 6.07) is 16.4. The van der Waals surface area contributed by atoms with Gasteiger partial charge in [-0.05, 0) is 69.5 Å². The average Bonchev–Trinajstić information content (AvgIpc) is 3.57. The first-order valence-corrected chi connectivity index (χ1v) is 11.6. The van der Waals surface area contributed by atoms with Crippen LogP contribution in [0.2, 0.25) is 0 Å².